The molecule has 0 radical (unpaired) electrons. The molecule has 0 aromatic rings. The molecule has 152 valence electrons. The molecule has 6 nitrogen and oxygen atoms in total. The molecule has 4 aliphatic rings. The predicted octanol–water partition coefficient (Wildman–Crippen LogP) is 1.75. The van der Waals surface area contributed by atoms with E-state index in [-0.39, 0.29) is 47.9 Å². The molecule has 0 heterocycles. The normalized spacial score (nSPS) is 53.2. The Morgan fingerprint density at radius 3 is 2.52 bits per heavy atom. The minimum absolute atomic E-state index is 0.0452. The van der Waals surface area contributed by atoms with E-state index >= 15 is 0 Å². The summed E-state index contributed by atoms with van der Waals surface area (Å²) in [5, 5.41) is 40.9. The van der Waals surface area contributed by atoms with Gasteiger partial charge in [0.25, 0.3) is 0 Å². The highest BCUT2D eigenvalue weighted by Crippen LogP contribution is 2.67. The van der Waals surface area contributed by atoms with Crippen LogP contribution in [0.2, 0.25) is 0 Å². The summed E-state index contributed by atoms with van der Waals surface area (Å²) >= 11 is 0. The third kappa shape index (κ3) is 2.42. The van der Waals surface area contributed by atoms with E-state index in [1.807, 2.05) is 6.92 Å². The second kappa shape index (κ2) is 6.01. The molecule has 4 aliphatic carbocycles. The smallest absolute Gasteiger partial charge is 0.335 e. The number of aliphatic carboxylic acids is 1. The van der Waals surface area contributed by atoms with Crippen LogP contribution in [-0.2, 0) is 9.59 Å². The molecular weight excluding hydrogens is 348 g/mol. The number of carbonyl (C=O) groups excluding carboxylic acids is 1. The quantitative estimate of drug-likeness (QED) is 0.580. The van der Waals surface area contributed by atoms with Gasteiger partial charge in [-0.1, -0.05) is 13.8 Å². The molecule has 0 aliphatic heterocycles. The molecule has 4 rings (SSSR count). The Bertz CT molecular complexity index is 663. The van der Waals surface area contributed by atoms with Gasteiger partial charge in [-0.05, 0) is 68.1 Å². The number of hydrogen-bond acceptors (Lipinski definition) is 5. The summed E-state index contributed by atoms with van der Waals surface area (Å²) in [4.78, 5) is 24.8. The monoisotopic (exact) mass is 380 g/mol. The van der Waals surface area contributed by atoms with Crippen molar-refractivity contribution in [3.63, 3.8) is 0 Å². The fraction of sp³-hybridized carbons (Fsp3) is 0.905. The maximum atomic E-state index is 13.4. The van der Waals surface area contributed by atoms with Crippen molar-refractivity contribution in [1.82, 2.24) is 0 Å². The lowest BCUT2D eigenvalue weighted by atomic mass is 9.44. The standard InChI is InChI=1S/C21H32O6/c1-19-7-5-12(22)9-11(19)3-4-13-14-6-8-21(27,17(24)18(25)26)20(14,2)10-15(23)16(13)19/h11-14,16-17,22,24,27H,3-10H2,1-2H3,(H,25,26)/t11-,12-,13+,14+,16-,17+,19+,20+,21+/m1/s1. The molecule has 27 heavy (non-hydrogen) atoms. The Kier molecular flexibility index (Phi) is 4.30. The lowest BCUT2D eigenvalue weighted by Crippen LogP contribution is -2.63. The highest BCUT2D eigenvalue weighted by molar-refractivity contribution is 5.85. The number of aliphatic hydroxyl groups is 3. The zero-order valence-electron chi connectivity index (χ0n) is 16.2. The zero-order valence-corrected chi connectivity index (χ0v) is 16.2. The van der Waals surface area contributed by atoms with E-state index in [4.69, 9.17) is 0 Å². The van der Waals surface area contributed by atoms with Crippen molar-refractivity contribution in [2.45, 2.75) is 83.0 Å². The van der Waals surface area contributed by atoms with Crippen molar-refractivity contribution in [2.24, 2.45) is 34.5 Å². The number of ketones is 1. The molecule has 0 aromatic heterocycles. The Balaban J connectivity index is 1.70. The van der Waals surface area contributed by atoms with Gasteiger partial charge in [0.1, 0.15) is 11.4 Å². The maximum absolute atomic E-state index is 13.4. The summed E-state index contributed by atoms with van der Waals surface area (Å²) in [6, 6.07) is 0. The molecule has 0 aromatic carbocycles. The summed E-state index contributed by atoms with van der Waals surface area (Å²) in [5.41, 5.74) is -2.78. The summed E-state index contributed by atoms with van der Waals surface area (Å²) in [7, 11) is 0. The van der Waals surface area contributed by atoms with Crippen LogP contribution in [0, 0.1) is 34.5 Å². The third-order valence-corrected chi connectivity index (χ3v) is 9.23. The topological polar surface area (TPSA) is 115 Å². The van der Waals surface area contributed by atoms with Gasteiger partial charge in [-0.15, -0.1) is 0 Å². The lowest BCUT2D eigenvalue weighted by Gasteiger charge is -2.60. The first kappa shape index (κ1) is 19.3. The molecule has 4 N–H and O–H groups in total. The molecule has 9 atom stereocenters. The van der Waals surface area contributed by atoms with Crippen LogP contribution in [0.5, 0.6) is 0 Å². The molecule has 0 amide bonds. The van der Waals surface area contributed by atoms with Gasteiger partial charge in [0.15, 0.2) is 6.10 Å². The first-order valence-electron chi connectivity index (χ1n) is 10.4. The number of Topliss-reactive ketones (excluding diaryl/α,β-unsaturated/α-hetero) is 1. The molecule has 6 heteroatoms. The fourth-order valence-corrected chi connectivity index (χ4v) is 7.74. The van der Waals surface area contributed by atoms with E-state index in [2.05, 4.69) is 6.92 Å². The van der Waals surface area contributed by atoms with E-state index in [1.165, 1.54) is 0 Å². The number of carboxylic acid groups (broad SMARTS) is 1. The molecule has 4 saturated carbocycles. The van der Waals surface area contributed by atoms with Crippen molar-refractivity contribution in [2.75, 3.05) is 0 Å². The molecule has 0 spiro atoms. The van der Waals surface area contributed by atoms with Crippen LogP contribution in [0.3, 0.4) is 0 Å². The Labute approximate surface area is 160 Å². The molecule has 0 saturated heterocycles. The van der Waals surface area contributed by atoms with Crippen molar-refractivity contribution in [3.05, 3.63) is 0 Å². The minimum atomic E-state index is -1.87. The summed E-state index contributed by atoms with van der Waals surface area (Å²) in [6.45, 7) is 4.01. The Hall–Kier alpha value is -0.980. The number of carboxylic acids is 1. The first-order chi connectivity index (χ1) is 12.5. The summed E-state index contributed by atoms with van der Waals surface area (Å²) in [5.74, 6) is -0.871. The van der Waals surface area contributed by atoms with Gasteiger partial charge in [0.05, 0.1) is 6.10 Å². The van der Waals surface area contributed by atoms with Crippen molar-refractivity contribution >= 4 is 11.8 Å². The first-order valence-corrected chi connectivity index (χ1v) is 10.4. The van der Waals surface area contributed by atoms with Gasteiger partial charge in [-0.3, -0.25) is 4.79 Å². The van der Waals surface area contributed by atoms with Gasteiger partial charge in [0.2, 0.25) is 0 Å². The maximum Gasteiger partial charge on any atom is 0.335 e. The van der Waals surface area contributed by atoms with Crippen LogP contribution in [-0.4, -0.2) is 50.0 Å². The third-order valence-electron chi connectivity index (χ3n) is 9.23. The van der Waals surface area contributed by atoms with Crippen LogP contribution in [0.1, 0.15) is 65.2 Å². The van der Waals surface area contributed by atoms with Crippen LogP contribution in [0.25, 0.3) is 0 Å². The Morgan fingerprint density at radius 1 is 1.15 bits per heavy atom. The van der Waals surface area contributed by atoms with Crippen LogP contribution in [0.4, 0.5) is 0 Å². The highest BCUT2D eigenvalue weighted by atomic mass is 16.4. The van der Waals surface area contributed by atoms with Gasteiger partial charge in [-0.2, -0.15) is 0 Å². The zero-order chi connectivity index (χ0) is 19.8. The second-order valence-corrected chi connectivity index (χ2v) is 10.2. The number of carbonyl (C=O) groups is 2. The molecular formula is C21H32O6. The summed E-state index contributed by atoms with van der Waals surface area (Å²) in [6.07, 6.45) is 3.04. The van der Waals surface area contributed by atoms with E-state index in [9.17, 15) is 30.0 Å². The minimum Gasteiger partial charge on any atom is -0.479 e. The van der Waals surface area contributed by atoms with Crippen molar-refractivity contribution in [1.29, 1.82) is 0 Å². The van der Waals surface area contributed by atoms with Crippen LogP contribution >= 0.6 is 0 Å². The summed E-state index contributed by atoms with van der Waals surface area (Å²) < 4.78 is 0. The van der Waals surface area contributed by atoms with E-state index in [0.29, 0.717) is 12.3 Å². The van der Waals surface area contributed by atoms with Crippen LogP contribution < -0.4 is 0 Å². The fourth-order valence-electron chi connectivity index (χ4n) is 7.74. The average Bonchev–Trinajstić information content (AvgIpc) is 2.86. The number of hydrogen-bond donors (Lipinski definition) is 4. The lowest BCUT2D eigenvalue weighted by molar-refractivity contribution is -0.201. The number of rotatable bonds is 2. The molecule has 0 unspecified atom stereocenters. The largest absolute Gasteiger partial charge is 0.479 e. The Morgan fingerprint density at radius 2 is 1.85 bits per heavy atom. The predicted molar refractivity (Wildman–Crippen MR) is 96.7 cm³/mol. The second-order valence-electron chi connectivity index (χ2n) is 10.2. The SMILES string of the molecule is C[C@]12CC[C@@H](O)C[C@H]1CC[C@@H]1[C@@H]2C(=O)C[C@@]2(C)[C@H]1CC[C@]2(O)[C@@H](O)C(=O)O. The number of aliphatic hydroxyl groups excluding tert-OH is 2. The molecule has 0 bridgehead atoms. The van der Waals surface area contributed by atoms with Crippen molar-refractivity contribution in [3.8, 4) is 0 Å². The number of fused-ring (bicyclic) bond motifs is 5. The van der Waals surface area contributed by atoms with E-state index in [0.717, 1.165) is 32.1 Å². The van der Waals surface area contributed by atoms with Gasteiger partial charge in [0, 0.05) is 17.8 Å². The average molecular weight is 380 g/mol. The van der Waals surface area contributed by atoms with Gasteiger partial charge >= 0.3 is 5.97 Å². The van der Waals surface area contributed by atoms with Crippen LogP contribution in [0.15, 0.2) is 0 Å². The van der Waals surface area contributed by atoms with E-state index < -0.39 is 23.1 Å². The van der Waals surface area contributed by atoms with Crippen molar-refractivity contribution < 1.29 is 30.0 Å². The molecule has 4 fully saturated rings. The highest BCUT2D eigenvalue weighted by Gasteiger charge is 2.69. The van der Waals surface area contributed by atoms with Gasteiger partial charge in [-0.25, -0.2) is 4.79 Å². The van der Waals surface area contributed by atoms with Gasteiger partial charge < -0.3 is 20.4 Å². The van der Waals surface area contributed by atoms with E-state index in [1.54, 1.807) is 0 Å².